The minimum Gasteiger partial charge on any atom is -0.387 e. The standard InChI is InChI=1S/C11H18N4O3S/c1-12-10-4-7-13-8-9(10)11(16)14-5-3-6-15-19(2,17)18/h4,7-8,15H,3,5-6H2,1-2H3,(H,12,13)(H,14,16). The van der Waals surface area contributed by atoms with Gasteiger partial charge in [-0.3, -0.25) is 9.78 Å². The van der Waals surface area contributed by atoms with Gasteiger partial charge in [0.1, 0.15) is 0 Å². The van der Waals surface area contributed by atoms with Gasteiger partial charge in [-0.05, 0) is 12.5 Å². The molecule has 1 aromatic rings. The molecule has 7 nitrogen and oxygen atoms in total. The van der Waals surface area contributed by atoms with Crippen molar-refractivity contribution in [2.45, 2.75) is 6.42 Å². The summed E-state index contributed by atoms with van der Waals surface area (Å²) >= 11 is 0. The van der Waals surface area contributed by atoms with Gasteiger partial charge in [-0.25, -0.2) is 13.1 Å². The summed E-state index contributed by atoms with van der Waals surface area (Å²) < 4.78 is 24.0. The van der Waals surface area contributed by atoms with E-state index in [0.29, 0.717) is 30.8 Å². The first-order valence-corrected chi connectivity index (χ1v) is 7.68. The molecule has 19 heavy (non-hydrogen) atoms. The van der Waals surface area contributed by atoms with Gasteiger partial charge >= 0.3 is 0 Å². The summed E-state index contributed by atoms with van der Waals surface area (Å²) in [6.07, 6.45) is 4.70. The first kappa shape index (κ1) is 15.4. The van der Waals surface area contributed by atoms with Gasteiger partial charge in [0.15, 0.2) is 0 Å². The fourth-order valence-corrected chi connectivity index (χ4v) is 1.95. The number of aromatic nitrogens is 1. The Bertz CT molecular complexity index is 530. The highest BCUT2D eigenvalue weighted by Gasteiger charge is 2.09. The highest BCUT2D eigenvalue weighted by atomic mass is 32.2. The molecule has 3 N–H and O–H groups in total. The maximum atomic E-state index is 11.9. The number of nitrogens with one attached hydrogen (secondary N) is 3. The Hall–Kier alpha value is -1.67. The van der Waals surface area contributed by atoms with Crippen molar-refractivity contribution in [2.24, 2.45) is 0 Å². The van der Waals surface area contributed by atoms with Crippen molar-refractivity contribution in [3.05, 3.63) is 24.0 Å². The van der Waals surface area contributed by atoms with Crippen LogP contribution in [-0.2, 0) is 10.0 Å². The van der Waals surface area contributed by atoms with E-state index in [1.807, 2.05) is 0 Å². The van der Waals surface area contributed by atoms with Crippen molar-refractivity contribution in [3.8, 4) is 0 Å². The molecule has 0 aliphatic rings. The van der Waals surface area contributed by atoms with Crippen molar-refractivity contribution < 1.29 is 13.2 Å². The first-order chi connectivity index (χ1) is 8.94. The van der Waals surface area contributed by atoms with E-state index in [4.69, 9.17) is 0 Å². The normalized spacial score (nSPS) is 11.1. The summed E-state index contributed by atoms with van der Waals surface area (Å²) in [5.41, 5.74) is 1.16. The van der Waals surface area contributed by atoms with Gasteiger partial charge < -0.3 is 10.6 Å². The van der Waals surface area contributed by atoms with Crippen molar-refractivity contribution >= 4 is 21.6 Å². The zero-order valence-electron chi connectivity index (χ0n) is 10.9. The molecule has 0 fully saturated rings. The van der Waals surface area contributed by atoms with Crippen LogP contribution in [-0.4, -0.2) is 45.7 Å². The molecule has 0 saturated carbocycles. The van der Waals surface area contributed by atoms with Crippen LogP contribution in [0.2, 0.25) is 0 Å². The Kier molecular flexibility index (Phi) is 5.71. The van der Waals surface area contributed by atoms with Gasteiger partial charge in [0.05, 0.1) is 11.8 Å². The van der Waals surface area contributed by atoms with E-state index in [1.54, 1.807) is 19.3 Å². The van der Waals surface area contributed by atoms with Crippen molar-refractivity contribution in [3.63, 3.8) is 0 Å². The number of hydrogen-bond acceptors (Lipinski definition) is 5. The fraction of sp³-hybridized carbons (Fsp3) is 0.455. The lowest BCUT2D eigenvalue weighted by Gasteiger charge is -2.09. The first-order valence-electron chi connectivity index (χ1n) is 5.78. The van der Waals surface area contributed by atoms with Crippen LogP contribution in [0, 0.1) is 0 Å². The number of amides is 1. The number of pyridine rings is 1. The number of anilines is 1. The molecule has 0 aromatic carbocycles. The molecule has 0 aliphatic heterocycles. The molecular weight excluding hydrogens is 268 g/mol. The predicted molar refractivity (Wildman–Crippen MR) is 73.6 cm³/mol. The van der Waals surface area contributed by atoms with Crippen LogP contribution in [0.25, 0.3) is 0 Å². The van der Waals surface area contributed by atoms with E-state index in [0.717, 1.165) is 6.26 Å². The SMILES string of the molecule is CNc1ccncc1C(=O)NCCCNS(C)(=O)=O. The summed E-state index contributed by atoms with van der Waals surface area (Å²) in [5.74, 6) is -0.239. The Labute approximate surface area is 112 Å². The molecule has 106 valence electrons. The molecule has 0 aliphatic carbocycles. The monoisotopic (exact) mass is 286 g/mol. The average Bonchev–Trinajstić information content (AvgIpc) is 2.36. The third-order valence-corrected chi connectivity index (χ3v) is 3.07. The van der Waals surface area contributed by atoms with E-state index >= 15 is 0 Å². The molecule has 1 amide bonds. The van der Waals surface area contributed by atoms with E-state index in [9.17, 15) is 13.2 Å². The topological polar surface area (TPSA) is 100 Å². The maximum absolute atomic E-state index is 11.9. The lowest BCUT2D eigenvalue weighted by atomic mass is 10.2. The average molecular weight is 286 g/mol. The fourth-order valence-electron chi connectivity index (χ4n) is 1.44. The Morgan fingerprint density at radius 2 is 2.11 bits per heavy atom. The molecule has 1 heterocycles. The Morgan fingerprint density at radius 3 is 2.74 bits per heavy atom. The molecular formula is C11H18N4O3S. The van der Waals surface area contributed by atoms with Gasteiger partial charge in [0, 0.05) is 38.2 Å². The van der Waals surface area contributed by atoms with Crippen LogP contribution in [0.1, 0.15) is 16.8 Å². The molecule has 0 unspecified atom stereocenters. The van der Waals surface area contributed by atoms with Crippen LogP contribution in [0.3, 0.4) is 0 Å². The lowest BCUT2D eigenvalue weighted by Crippen LogP contribution is -2.29. The van der Waals surface area contributed by atoms with E-state index in [2.05, 4.69) is 20.3 Å². The van der Waals surface area contributed by atoms with E-state index in [-0.39, 0.29) is 5.91 Å². The molecule has 8 heteroatoms. The molecule has 0 radical (unpaired) electrons. The van der Waals surface area contributed by atoms with Gasteiger partial charge in [-0.2, -0.15) is 0 Å². The number of carbonyl (C=O) groups excluding carboxylic acids is 1. The van der Waals surface area contributed by atoms with Gasteiger partial charge in [0.25, 0.3) is 5.91 Å². The number of sulfonamides is 1. The molecule has 1 aromatic heterocycles. The van der Waals surface area contributed by atoms with Crippen molar-refractivity contribution in [2.75, 3.05) is 31.7 Å². The van der Waals surface area contributed by atoms with Crippen LogP contribution < -0.4 is 15.4 Å². The Morgan fingerprint density at radius 1 is 1.37 bits per heavy atom. The van der Waals surface area contributed by atoms with Crippen LogP contribution in [0.15, 0.2) is 18.5 Å². The maximum Gasteiger partial charge on any atom is 0.254 e. The highest BCUT2D eigenvalue weighted by Crippen LogP contribution is 2.11. The van der Waals surface area contributed by atoms with Crippen molar-refractivity contribution in [1.29, 1.82) is 0 Å². The second-order valence-electron chi connectivity index (χ2n) is 3.95. The number of carbonyl (C=O) groups is 1. The molecule has 0 atom stereocenters. The molecule has 1 rings (SSSR count). The third kappa shape index (κ3) is 5.66. The van der Waals surface area contributed by atoms with Crippen LogP contribution in [0.5, 0.6) is 0 Å². The zero-order chi connectivity index (χ0) is 14.3. The largest absolute Gasteiger partial charge is 0.387 e. The second-order valence-corrected chi connectivity index (χ2v) is 5.78. The van der Waals surface area contributed by atoms with Gasteiger partial charge in [0.2, 0.25) is 10.0 Å². The molecule has 0 bridgehead atoms. The van der Waals surface area contributed by atoms with Gasteiger partial charge in [-0.1, -0.05) is 0 Å². The highest BCUT2D eigenvalue weighted by molar-refractivity contribution is 7.88. The van der Waals surface area contributed by atoms with Crippen LogP contribution >= 0.6 is 0 Å². The number of hydrogen-bond donors (Lipinski definition) is 3. The minimum absolute atomic E-state index is 0.239. The minimum atomic E-state index is -3.17. The molecule has 0 spiro atoms. The zero-order valence-corrected chi connectivity index (χ0v) is 11.8. The predicted octanol–water partition coefficient (Wildman–Crippen LogP) is -0.208. The van der Waals surface area contributed by atoms with Gasteiger partial charge in [-0.15, -0.1) is 0 Å². The summed E-state index contributed by atoms with van der Waals surface area (Å²) in [5, 5.41) is 5.61. The summed E-state index contributed by atoms with van der Waals surface area (Å²) in [6.45, 7) is 0.685. The summed E-state index contributed by atoms with van der Waals surface area (Å²) in [7, 11) is -1.45. The quantitative estimate of drug-likeness (QED) is 0.602. The van der Waals surface area contributed by atoms with Crippen molar-refractivity contribution in [1.82, 2.24) is 15.0 Å². The second kappa shape index (κ2) is 7.05. The number of nitrogens with zero attached hydrogens (tertiary/aromatic N) is 1. The molecule has 0 saturated heterocycles. The van der Waals surface area contributed by atoms with Crippen LogP contribution in [0.4, 0.5) is 5.69 Å². The van der Waals surface area contributed by atoms with E-state index < -0.39 is 10.0 Å². The smallest absolute Gasteiger partial charge is 0.254 e. The lowest BCUT2D eigenvalue weighted by molar-refractivity contribution is 0.0954. The third-order valence-electron chi connectivity index (χ3n) is 2.34. The number of rotatable bonds is 7. The van der Waals surface area contributed by atoms with E-state index in [1.165, 1.54) is 6.20 Å². The Balaban J connectivity index is 2.39. The summed E-state index contributed by atoms with van der Waals surface area (Å²) in [4.78, 5) is 15.8. The summed E-state index contributed by atoms with van der Waals surface area (Å²) in [6, 6.07) is 1.71.